The summed E-state index contributed by atoms with van der Waals surface area (Å²) in [6.07, 6.45) is 0.830. The lowest BCUT2D eigenvalue weighted by Gasteiger charge is -2.13. The highest BCUT2D eigenvalue weighted by Gasteiger charge is 2.11. The van der Waals surface area contributed by atoms with Gasteiger partial charge in [0.15, 0.2) is 11.5 Å². The number of nitrogens with zero attached hydrogens (tertiary/aromatic N) is 1. The van der Waals surface area contributed by atoms with Crippen molar-refractivity contribution in [2.75, 3.05) is 20.3 Å². The van der Waals surface area contributed by atoms with Gasteiger partial charge in [-0.3, -0.25) is 0 Å². The summed E-state index contributed by atoms with van der Waals surface area (Å²) in [5.74, 6) is 2.23. The minimum atomic E-state index is 0.558. The second-order valence-electron chi connectivity index (χ2n) is 5.67. The molecule has 3 aromatic rings. The lowest BCUT2D eigenvalue weighted by atomic mass is 10.2. The summed E-state index contributed by atoms with van der Waals surface area (Å²) in [6, 6.07) is 11.9. The number of aromatic nitrogens is 2. The van der Waals surface area contributed by atoms with E-state index in [1.54, 1.807) is 7.11 Å². The summed E-state index contributed by atoms with van der Waals surface area (Å²) in [6.45, 7) is 4.01. The molecule has 0 aliphatic heterocycles. The molecule has 0 atom stereocenters. The Morgan fingerprint density at radius 1 is 1.24 bits per heavy atom. The van der Waals surface area contributed by atoms with Crippen molar-refractivity contribution in [3.63, 3.8) is 0 Å². The molecule has 0 saturated carbocycles. The van der Waals surface area contributed by atoms with Gasteiger partial charge >= 0.3 is 0 Å². The van der Waals surface area contributed by atoms with E-state index in [0.29, 0.717) is 29.7 Å². The number of para-hydroxylation sites is 2. The number of methoxy groups -OCH3 is 1. The molecular weight excluding hydrogens is 338 g/mol. The molecule has 25 heavy (non-hydrogen) atoms. The van der Waals surface area contributed by atoms with Gasteiger partial charge in [-0.2, -0.15) is 0 Å². The number of H-pyrrole nitrogens is 1. The molecule has 0 aliphatic carbocycles. The number of halogens is 1. The molecule has 0 aliphatic rings. The van der Waals surface area contributed by atoms with Crippen molar-refractivity contribution < 1.29 is 9.47 Å². The van der Waals surface area contributed by atoms with Crippen molar-refractivity contribution in [1.82, 2.24) is 15.3 Å². The average molecular weight is 360 g/mol. The molecule has 1 aromatic heterocycles. The van der Waals surface area contributed by atoms with Crippen LogP contribution in [0.5, 0.6) is 11.5 Å². The molecular formula is C19H22ClN3O2. The zero-order valence-electron chi connectivity index (χ0n) is 14.4. The van der Waals surface area contributed by atoms with Gasteiger partial charge in [0.2, 0.25) is 0 Å². The smallest absolute Gasteiger partial charge is 0.179 e. The Kier molecular flexibility index (Phi) is 5.79. The maximum Gasteiger partial charge on any atom is 0.179 e. The minimum absolute atomic E-state index is 0.558. The zero-order chi connectivity index (χ0) is 17.6. The average Bonchev–Trinajstić information content (AvgIpc) is 3.02. The summed E-state index contributed by atoms with van der Waals surface area (Å²) in [5.41, 5.74) is 3.13. The quantitative estimate of drug-likeness (QED) is 0.598. The van der Waals surface area contributed by atoms with E-state index in [1.165, 1.54) is 0 Å². The molecule has 0 unspecified atom stereocenters. The van der Waals surface area contributed by atoms with Gasteiger partial charge < -0.3 is 19.8 Å². The van der Waals surface area contributed by atoms with Crippen LogP contribution in [0.2, 0.25) is 5.02 Å². The first-order chi connectivity index (χ1) is 12.2. The van der Waals surface area contributed by atoms with Crippen molar-refractivity contribution in [1.29, 1.82) is 0 Å². The fourth-order valence-corrected chi connectivity index (χ4v) is 3.06. The Balaban J connectivity index is 1.58. The number of rotatable bonds is 8. The van der Waals surface area contributed by atoms with Gasteiger partial charge in [-0.05, 0) is 36.8 Å². The molecule has 0 amide bonds. The van der Waals surface area contributed by atoms with Crippen molar-refractivity contribution in [2.45, 2.75) is 19.9 Å². The molecule has 0 bridgehead atoms. The first-order valence-electron chi connectivity index (χ1n) is 8.34. The predicted octanol–water partition coefficient (Wildman–Crippen LogP) is 3.96. The minimum Gasteiger partial charge on any atom is -0.491 e. The summed E-state index contributed by atoms with van der Waals surface area (Å²) in [4.78, 5) is 7.91. The molecule has 3 rings (SSSR count). The van der Waals surface area contributed by atoms with E-state index in [0.717, 1.165) is 35.4 Å². The van der Waals surface area contributed by atoms with Crippen LogP contribution in [-0.4, -0.2) is 30.2 Å². The van der Waals surface area contributed by atoms with Crippen LogP contribution >= 0.6 is 11.6 Å². The van der Waals surface area contributed by atoms with Gasteiger partial charge in [0, 0.05) is 19.5 Å². The normalized spacial score (nSPS) is 11.0. The van der Waals surface area contributed by atoms with Crippen molar-refractivity contribution in [2.24, 2.45) is 0 Å². The third-order valence-corrected chi connectivity index (χ3v) is 4.16. The van der Waals surface area contributed by atoms with Crippen LogP contribution in [-0.2, 0) is 13.0 Å². The lowest BCUT2D eigenvalue weighted by molar-refractivity contribution is 0.310. The molecule has 132 valence electrons. The molecule has 6 heteroatoms. The van der Waals surface area contributed by atoms with Crippen molar-refractivity contribution in [3.05, 3.63) is 52.8 Å². The van der Waals surface area contributed by atoms with E-state index in [1.807, 2.05) is 43.3 Å². The van der Waals surface area contributed by atoms with Gasteiger partial charge in [-0.15, -0.1) is 0 Å². The zero-order valence-corrected chi connectivity index (χ0v) is 15.2. The maximum atomic E-state index is 6.28. The third kappa shape index (κ3) is 4.24. The first kappa shape index (κ1) is 17.6. The summed E-state index contributed by atoms with van der Waals surface area (Å²) in [7, 11) is 1.59. The summed E-state index contributed by atoms with van der Waals surface area (Å²) >= 11 is 6.28. The number of ether oxygens (including phenoxy) is 2. The first-order valence-corrected chi connectivity index (χ1v) is 8.72. The molecule has 2 aromatic carbocycles. The highest BCUT2D eigenvalue weighted by atomic mass is 35.5. The van der Waals surface area contributed by atoms with Crippen molar-refractivity contribution >= 4 is 22.6 Å². The van der Waals surface area contributed by atoms with E-state index < -0.39 is 0 Å². The molecule has 0 saturated heterocycles. The van der Waals surface area contributed by atoms with Crippen LogP contribution in [0.3, 0.4) is 0 Å². The molecule has 0 spiro atoms. The van der Waals surface area contributed by atoms with E-state index in [9.17, 15) is 0 Å². The molecule has 5 nitrogen and oxygen atoms in total. The number of aromatic amines is 1. The van der Waals surface area contributed by atoms with Gasteiger partial charge in [-0.25, -0.2) is 4.98 Å². The van der Waals surface area contributed by atoms with Gasteiger partial charge in [0.1, 0.15) is 5.82 Å². The number of fused-ring (bicyclic) bond motifs is 1. The Hall–Kier alpha value is -2.24. The van der Waals surface area contributed by atoms with Crippen LogP contribution in [0.25, 0.3) is 11.0 Å². The van der Waals surface area contributed by atoms with Crippen LogP contribution in [0.15, 0.2) is 36.4 Å². The Bertz CT molecular complexity index is 815. The third-order valence-electron chi connectivity index (χ3n) is 3.88. The summed E-state index contributed by atoms with van der Waals surface area (Å²) in [5, 5.41) is 3.97. The highest BCUT2D eigenvalue weighted by molar-refractivity contribution is 6.32. The topological polar surface area (TPSA) is 59.2 Å². The van der Waals surface area contributed by atoms with Crippen LogP contribution in [0, 0.1) is 0 Å². The van der Waals surface area contributed by atoms with Crippen LogP contribution in [0.1, 0.15) is 18.3 Å². The van der Waals surface area contributed by atoms with E-state index in [-0.39, 0.29) is 0 Å². The second-order valence-corrected chi connectivity index (χ2v) is 6.08. The lowest BCUT2D eigenvalue weighted by Crippen LogP contribution is -2.17. The number of hydrogen-bond acceptors (Lipinski definition) is 4. The summed E-state index contributed by atoms with van der Waals surface area (Å²) < 4.78 is 10.9. The van der Waals surface area contributed by atoms with Gasteiger partial charge in [0.25, 0.3) is 0 Å². The maximum absolute atomic E-state index is 6.28. The van der Waals surface area contributed by atoms with E-state index in [2.05, 4.69) is 15.3 Å². The van der Waals surface area contributed by atoms with Crippen molar-refractivity contribution in [3.8, 4) is 11.5 Å². The van der Waals surface area contributed by atoms with Crippen LogP contribution in [0.4, 0.5) is 0 Å². The fourth-order valence-electron chi connectivity index (χ4n) is 2.75. The Morgan fingerprint density at radius 3 is 2.84 bits per heavy atom. The number of benzene rings is 2. The van der Waals surface area contributed by atoms with E-state index >= 15 is 0 Å². The molecule has 1 heterocycles. The van der Waals surface area contributed by atoms with Gasteiger partial charge in [-0.1, -0.05) is 23.7 Å². The van der Waals surface area contributed by atoms with Crippen LogP contribution < -0.4 is 14.8 Å². The standard InChI is InChI=1S/C19H22ClN3O2/c1-3-25-17-11-13(10-14(20)19(17)24-2)12-21-9-8-18-22-15-6-4-5-7-16(15)23-18/h4-7,10-11,21H,3,8-9,12H2,1-2H3,(H,22,23). The number of hydrogen-bond donors (Lipinski definition) is 2. The number of imidazole rings is 1. The highest BCUT2D eigenvalue weighted by Crippen LogP contribution is 2.36. The molecule has 0 radical (unpaired) electrons. The monoisotopic (exact) mass is 359 g/mol. The largest absolute Gasteiger partial charge is 0.491 e. The predicted molar refractivity (Wildman–Crippen MR) is 101 cm³/mol. The second kappa shape index (κ2) is 8.23. The van der Waals surface area contributed by atoms with Gasteiger partial charge in [0.05, 0.1) is 29.8 Å². The fraction of sp³-hybridized carbons (Fsp3) is 0.316. The SMILES string of the molecule is CCOc1cc(CNCCc2nc3ccccc3[nH]2)cc(Cl)c1OC. The molecule has 2 N–H and O–H groups in total. The number of nitrogens with one attached hydrogen (secondary N) is 2. The Morgan fingerprint density at radius 2 is 2.08 bits per heavy atom. The Labute approximate surface area is 152 Å². The van der Waals surface area contributed by atoms with E-state index in [4.69, 9.17) is 21.1 Å². The molecule has 0 fully saturated rings.